The van der Waals surface area contributed by atoms with Crippen molar-refractivity contribution in [3.05, 3.63) is 82.4 Å². The van der Waals surface area contributed by atoms with Gasteiger partial charge in [-0.15, -0.1) is 0 Å². The Morgan fingerprint density at radius 2 is 2.00 bits per heavy atom. The van der Waals surface area contributed by atoms with E-state index in [1.54, 1.807) is 24.7 Å². The Bertz CT molecular complexity index is 996. The van der Waals surface area contributed by atoms with Gasteiger partial charge in [-0.25, -0.2) is 4.98 Å². The van der Waals surface area contributed by atoms with Gasteiger partial charge in [0.05, 0.1) is 24.5 Å². The number of imidazole rings is 1. The van der Waals surface area contributed by atoms with E-state index in [9.17, 15) is 0 Å². The molecule has 0 aliphatic carbocycles. The molecule has 0 radical (unpaired) electrons. The Hall–Kier alpha value is -2.09. The van der Waals surface area contributed by atoms with E-state index in [0.29, 0.717) is 29.8 Å². The fourth-order valence-corrected chi connectivity index (χ4v) is 4.17. The second kappa shape index (κ2) is 9.59. The summed E-state index contributed by atoms with van der Waals surface area (Å²) in [5.41, 5.74) is 1.96. The van der Waals surface area contributed by atoms with Crippen molar-refractivity contribution in [2.24, 2.45) is 0 Å². The standard InChI is InChI=1S/C23H25Cl2N3O3/c1-27(2)12-17-3-6-19(7-4-17)29-13-20-14-30-23(31-20,15-28-10-9-26-16-28)21-8-5-18(24)11-22(21)25/h3-11,16,20H,12-15H2,1-2H3/t20-,23-/m1/s1. The molecular weight excluding hydrogens is 437 g/mol. The van der Waals surface area contributed by atoms with Crippen molar-refractivity contribution in [1.29, 1.82) is 0 Å². The van der Waals surface area contributed by atoms with Gasteiger partial charge in [-0.05, 0) is 43.9 Å². The summed E-state index contributed by atoms with van der Waals surface area (Å²) in [7, 11) is 4.09. The number of ether oxygens (including phenoxy) is 3. The second-order valence-electron chi connectivity index (χ2n) is 7.86. The van der Waals surface area contributed by atoms with E-state index in [2.05, 4.69) is 22.0 Å². The molecule has 31 heavy (non-hydrogen) atoms. The predicted octanol–water partition coefficient (Wildman–Crippen LogP) is 4.60. The van der Waals surface area contributed by atoms with Crippen LogP contribution in [-0.4, -0.2) is 47.9 Å². The highest BCUT2D eigenvalue weighted by Crippen LogP contribution is 2.40. The van der Waals surface area contributed by atoms with Gasteiger partial charge < -0.3 is 23.7 Å². The molecule has 0 N–H and O–H groups in total. The fraction of sp³-hybridized carbons (Fsp3) is 0.348. The van der Waals surface area contributed by atoms with E-state index < -0.39 is 5.79 Å². The van der Waals surface area contributed by atoms with Crippen LogP contribution in [0.2, 0.25) is 10.0 Å². The fourth-order valence-electron chi connectivity index (χ4n) is 3.62. The summed E-state index contributed by atoms with van der Waals surface area (Å²) in [5, 5.41) is 1.05. The summed E-state index contributed by atoms with van der Waals surface area (Å²) in [4.78, 5) is 6.24. The van der Waals surface area contributed by atoms with E-state index in [0.717, 1.165) is 17.9 Å². The van der Waals surface area contributed by atoms with Crippen LogP contribution < -0.4 is 4.74 Å². The first-order valence-corrected chi connectivity index (χ1v) is 10.8. The SMILES string of the molecule is CN(C)Cc1ccc(OC[C@@H]2CO[C@@](Cn3ccnc3)(c3ccc(Cl)cc3Cl)O2)cc1. The molecule has 1 saturated heterocycles. The maximum Gasteiger partial charge on any atom is 0.215 e. The van der Waals surface area contributed by atoms with E-state index >= 15 is 0 Å². The molecule has 1 aliphatic heterocycles. The van der Waals surface area contributed by atoms with Crippen LogP contribution in [0, 0.1) is 0 Å². The van der Waals surface area contributed by atoms with Gasteiger partial charge in [0, 0.05) is 29.5 Å². The molecule has 0 spiro atoms. The van der Waals surface area contributed by atoms with E-state index in [4.69, 9.17) is 37.4 Å². The average molecular weight is 462 g/mol. The molecule has 1 aromatic heterocycles. The van der Waals surface area contributed by atoms with E-state index in [1.807, 2.05) is 43.1 Å². The lowest BCUT2D eigenvalue weighted by molar-refractivity contribution is -0.189. The molecular formula is C23H25Cl2N3O3. The Balaban J connectivity index is 1.46. The minimum atomic E-state index is -1.05. The van der Waals surface area contributed by atoms with Crippen LogP contribution in [0.15, 0.2) is 61.2 Å². The third-order valence-corrected chi connectivity index (χ3v) is 5.56. The van der Waals surface area contributed by atoms with Crippen LogP contribution in [0.1, 0.15) is 11.1 Å². The number of rotatable bonds is 8. The van der Waals surface area contributed by atoms with Crippen LogP contribution in [0.4, 0.5) is 0 Å². The quantitative estimate of drug-likeness (QED) is 0.490. The number of benzene rings is 2. The molecule has 2 aromatic carbocycles. The molecule has 8 heteroatoms. The molecule has 0 unspecified atom stereocenters. The van der Waals surface area contributed by atoms with Gasteiger partial charge in [0.1, 0.15) is 18.5 Å². The highest BCUT2D eigenvalue weighted by Gasteiger charge is 2.45. The average Bonchev–Trinajstić information content (AvgIpc) is 3.38. The minimum Gasteiger partial charge on any atom is -0.491 e. The summed E-state index contributed by atoms with van der Waals surface area (Å²) in [6, 6.07) is 13.4. The van der Waals surface area contributed by atoms with Gasteiger partial charge in [-0.2, -0.15) is 0 Å². The van der Waals surface area contributed by atoms with Crippen LogP contribution in [0.5, 0.6) is 5.75 Å². The molecule has 3 aromatic rings. The molecule has 1 fully saturated rings. The van der Waals surface area contributed by atoms with Crippen molar-refractivity contribution in [1.82, 2.24) is 14.5 Å². The Morgan fingerprint density at radius 3 is 2.68 bits per heavy atom. The van der Waals surface area contributed by atoms with Crippen LogP contribution in [0.3, 0.4) is 0 Å². The number of hydrogen-bond acceptors (Lipinski definition) is 5. The van der Waals surface area contributed by atoms with Gasteiger partial charge in [-0.3, -0.25) is 0 Å². The number of halogens is 2. The molecule has 0 amide bonds. The topological polar surface area (TPSA) is 48.8 Å². The lowest BCUT2D eigenvalue weighted by Crippen LogP contribution is -2.34. The third kappa shape index (κ3) is 5.40. The largest absolute Gasteiger partial charge is 0.491 e. The molecule has 4 rings (SSSR count). The zero-order chi connectivity index (χ0) is 21.8. The summed E-state index contributed by atoms with van der Waals surface area (Å²) in [6.07, 6.45) is 5.04. The highest BCUT2D eigenvalue weighted by molar-refractivity contribution is 6.35. The van der Waals surface area contributed by atoms with Crippen LogP contribution >= 0.6 is 23.2 Å². The summed E-state index contributed by atoms with van der Waals surface area (Å²) >= 11 is 12.6. The van der Waals surface area contributed by atoms with Crippen molar-refractivity contribution in [2.75, 3.05) is 27.3 Å². The molecule has 2 heterocycles. The summed E-state index contributed by atoms with van der Waals surface area (Å²) < 4.78 is 20.5. The molecule has 0 saturated carbocycles. The third-order valence-electron chi connectivity index (χ3n) is 5.01. The molecule has 6 nitrogen and oxygen atoms in total. The van der Waals surface area contributed by atoms with Gasteiger partial charge in [-0.1, -0.05) is 41.4 Å². The van der Waals surface area contributed by atoms with Crippen LogP contribution in [-0.2, 0) is 28.4 Å². The maximum atomic E-state index is 6.51. The monoisotopic (exact) mass is 461 g/mol. The molecule has 1 aliphatic rings. The first kappa shape index (κ1) is 22.1. The van der Waals surface area contributed by atoms with Crippen molar-refractivity contribution >= 4 is 23.2 Å². The van der Waals surface area contributed by atoms with Crippen LogP contribution in [0.25, 0.3) is 0 Å². The normalized spacial score (nSPS) is 21.0. The highest BCUT2D eigenvalue weighted by atomic mass is 35.5. The molecule has 164 valence electrons. The zero-order valence-corrected chi connectivity index (χ0v) is 19.0. The smallest absolute Gasteiger partial charge is 0.215 e. The van der Waals surface area contributed by atoms with E-state index in [1.165, 1.54) is 5.56 Å². The first-order chi connectivity index (χ1) is 14.9. The minimum absolute atomic E-state index is 0.253. The predicted molar refractivity (Wildman–Crippen MR) is 121 cm³/mol. The van der Waals surface area contributed by atoms with Crippen molar-refractivity contribution < 1.29 is 14.2 Å². The second-order valence-corrected chi connectivity index (χ2v) is 8.70. The zero-order valence-electron chi connectivity index (χ0n) is 17.5. The lowest BCUT2D eigenvalue weighted by Gasteiger charge is -2.30. The number of hydrogen-bond donors (Lipinski definition) is 0. The lowest BCUT2D eigenvalue weighted by atomic mass is 10.1. The van der Waals surface area contributed by atoms with Gasteiger partial charge >= 0.3 is 0 Å². The Kier molecular flexibility index (Phi) is 6.84. The Labute approximate surface area is 192 Å². The van der Waals surface area contributed by atoms with Crippen molar-refractivity contribution in [3.63, 3.8) is 0 Å². The van der Waals surface area contributed by atoms with Crippen molar-refractivity contribution in [3.8, 4) is 5.75 Å². The number of aromatic nitrogens is 2. The van der Waals surface area contributed by atoms with Gasteiger partial charge in [0.25, 0.3) is 0 Å². The molecule has 2 atom stereocenters. The Morgan fingerprint density at radius 1 is 1.19 bits per heavy atom. The van der Waals surface area contributed by atoms with Gasteiger partial charge in [0.2, 0.25) is 5.79 Å². The molecule has 0 bridgehead atoms. The summed E-state index contributed by atoms with van der Waals surface area (Å²) in [6.45, 7) is 2.04. The summed E-state index contributed by atoms with van der Waals surface area (Å²) in [5.74, 6) is -0.255. The van der Waals surface area contributed by atoms with Crippen molar-refractivity contribution in [2.45, 2.75) is 25.0 Å². The number of nitrogens with zero attached hydrogens (tertiary/aromatic N) is 3. The van der Waals surface area contributed by atoms with Gasteiger partial charge in [0.15, 0.2) is 0 Å². The first-order valence-electron chi connectivity index (χ1n) is 10.0. The van der Waals surface area contributed by atoms with E-state index in [-0.39, 0.29) is 6.10 Å². The maximum absolute atomic E-state index is 6.51.